The summed E-state index contributed by atoms with van der Waals surface area (Å²) in [7, 11) is 0. The summed E-state index contributed by atoms with van der Waals surface area (Å²) in [6.07, 6.45) is 1.06. The predicted octanol–water partition coefficient (Wildman–Crippen LogP) is 1.02. The second-order valence-electron chi connectivity index (χ2n) is 4.82. The van der Waals surface area contributed by atoms with Crippen LogP contribution in [0.1, 0.15) is 20.3 Å². The molecular weight excluding hydrogens is 240 g/mol. The summed E-state index contributed by atoms with van der Waals surface area (Å²) in [4.78, 5) is 13.3. The zero-order valence-electron chi connectivity index (χ0n) is 11.9. The second-order valence-corrected chi connectivity index (χ2v) is 4.82. The standard InChI is InChI=1S/C13H24N6/c1-3-5-15-11-10-12(17-13(14)16-11)19-8-6-18(4-2)7-9-19/h10H,3-9H2,1-2H3,(H3,14,15,16,17). The van der Waals surface area contributed by atoms with Crippen LogP contribution >= 0.6 is 0 Å². The van der Waals surface area contributed by atoms with E-state index in [2.05, 4.69) is 38.9 Å². The van der Waals surface area contributed by atoms with Gasteiger partial charge >= 0.3 is 0 Å². The van der Waals surface area contributed by atoms with Gasteiger partial charge < -0.3 is 20.9 Å². The molecule has 0 bridgehead atoms. The molecule has 6 heteroatoms. The van der Waals surface area contributed by atoms with Crippen molar-refractivity contribution in [1.29, 1.82) is 0 Å². The van der Waals surface area contributed by atoms with Gasteiger partial charge in [0.15, 0.2) is 0 Å². The molecule has 0 unspecified atom stereocenters. The van der Waals surface area contributed by atoms with Gasteiger partial charge in [0, 0.05) is 38.8 Å². The van der Waals surface area contributed by atoms with E-state index in [1.54, 1.807) is 0 Å². The van der Waals surface area contributed by atoms with Crippen LogP contribution in [0, 0.1) is 0 Å². The molecule has 1 saturated heterocycles. The van der Waals surface area contributed by atoms with Gasteiger partial charge in [-0.05, 0) is 13.0 Å². The average Bonchev–Trinajstić information content (AvgIpc) is 2.44. The van der Waals surface area contributed by atoms with Crippen LogP contribution in [0.4, 0.5) is 17.6 Å². The number of hydrogen-bond acceptors (Lipinski definition) is 6. The fourth-order valence-corrected chi connectivity index (χ4v) is 2.25. The fraction of sp³-hybridized carbons (Fsp3) is 0.692. The molecule has 1 aromatic heterocycles. The Morgan fingerprint density at radius 3 is 2.58 bits per heavy atom. The van der Waals surface area contributed by atoms with Crippen LogP contribution in [0.3, 0.4) is 0 Å². The number of nitrogens with zero attached hydrogens (tertiary/aromatic N) is 4. The number of nitrogen functional groups attached to an aromatic ring is 1. The molecule has 0 radical (unpaired) electrons. The van der Waals surface area contributed by atoms with Crippen molar-refractivity contribution in [2.75, 3.05) is 55.2 Å². The van der Waals surface area contributed by atoms with E-state index in [0.29, 0.717) is 5.95 Å². The number of anilines is 3. The van der Waals surface area contributed by atoms with Gasteiger partial charge in [-0.2, -0.15) is 9.97 Å². The quantitative estimate of drug-likeness (QED) is 0.827. The van der Waals surface area contributed by atoms with E-state index in [0.717, 1.165) is 57.3 Å². The van der Waals surface area contributed by atoms with Crippen molar-refractivity contribution >= 4 is 17.6 Å². The largest absolute Gasteiger partial charge is 0.370 e. The van der Waals surface area contributed by atoms with Gasteiger partial charge in [-0.3, -0.25) is 0 Å². The highest BCUT2D eigenvalue weighted by atomic mass is 15.3. The molecule has 1 aliphatic rings. The highest BCUT2D eigenvalue weighted by Gasteiger charge is 2.17. The molecule has 2 heterocycles. The number of rotatable bonds is 5. The van der Waals surface area contributed by atoms with Gasteiger partial charge in [0.2, 0.25) is 5.95 Å². The Balaban J connectivity index is 2.05. The second kappa shape index (κ2) is 6.56. The highest BCUT2D eigenvalue weighted by Crippen LogP contribution is 2.18. The minimum atomic E-state index is 0.342. The van der Waals surface area contributed by atoms with Crippen LogP contribution < -0.4 is 16.0 Å². The molecule has 1 aromatic rings. The lowest BCUT2D eigenvalue weighted by molar-refractivity contribution is 0.270. The van der Waals surface area contributed by atoms with Crippen molar-refractivity contribution in [3.8, 4) is 0 Å². The Kier molecular flexibility index (Phi) is 4.79. The number of nitrogens with two attached hydrogens (primary N) is 1. The van der Waals surface area contributed by atoms with E-state index < -0.39 is 0 Å². The molecule has 0 atom stereocenters. The molecule has 0 aromatic carbocycles. The molecule has 0 spiro atoms. The summed E-state index contributed by atoms with van der Waals surface area (Å²) in [6, 6.07) is 1.99. The topological polar surface area (TPSA) is 70.3 Å². The van der Waals surface area contributed by atoms with Crippen molar-refractivity contribution in [3.05, 3.63) is 6.07 Å². The Morgan fingerprint density at radius 2 is 1.95 bits per heavy atom. The van der Waals surface area contributed by atoms with Crippen molar-refractivity contribution in [2.45, 2.75) is 20.3 Å². The van der Waals surface area contributed by atoms with Gasteiger partial charge in [-0.25, -0.2) is 0 Å². The van der Waals surface area contributed by atoms with Crippen LogP contribution in [0.15, 0.2) is 6.07 Å². The number of likely N-dealkylation sites (N-methyl/N-ethyl adjacent to an activating group) is 1. The highest BCUT2D eigenvalue weighted by molar-refractivity contribution is 5.52. The van der Waals surface area contributed by atoms with Crippen LogP contribution in [0.5, 0.6) is 0 Å². The Bertz CT molecular complexity index is 400. The van der Waals surface area contributed by atoms with Crippen LogP contribution in [-0.4, -0.2) is 54.1 Å². The van der Waals surface area contributed by atoms with Gasteiger partial charge in [0.25, 0.3) is 0 Å². The predicted molar refractivity (Wildman–Crippen MR) is 79.6 cm³/mol. The first kappa shape index (κ1) is 13.9. The zero-order chi connectivity index (χ0) is 13.7. The number of piperazine rings is 1. The number of hydrogen-bond donors (Lipinski definition) is 2. The fourth-order valence-electron chi connectivity index (χ4n) is 2.25. The summed E-state index contributed by atoms with van der Waals surface area (Å²) >= 11 is 0. The summed E-state index contributed by atoms with van der Waals surface area (Å²) in [5.41, 5.74) is 5.79. The molecule has 106 valence electrons. The molecule has 0 aliphatic carbocycles. The monoisotopic (exact) mass is 264 g/mol. The van der Waals surface area contributed by atoms with Gasteiger partial charge in [0.1, 0.15) is 11.6 Å². The summed E-state index contributed by atoms with van der Waals surface area (Å²) in [5, 5.41) is 3.27. The summed E-state index contributed by atoms with van der Waals surface area (Å²) in [5.74, 6) is 2.10. The number of nitrogens with one attached hydrogen (secondary N) is 1. The summed E-state index contributed by atoms with van der Waals surface area (Å²) in [6.45, 7) is 10.5. The number of aromatic nitrogens is 2. The zero-order valence-corrected chi connectivity index (χ0v) is 11.9. The average molecular weight is 264 g/mol. The maximum absolute atomic E-state index is 5.79. The molecule has 19 heavy (non-hydrogen) atoms. The maximum Gasteiger partial charge on any atom is 0.223 e. The smallest absolute Gasteiger partial charge is 0.223 e. The van der Waals surface area contributed by atoms with E-state index in [4.69, 9.17) is 5.73 Å². The SMILES string of the molecule is CCCNc1cc(N2CCN(CC)CC2)nc(N)n1. The van der Waals surface area contributed by atoms with Gasteiger partial charge in [-0.15, -0.1) is 0 Å². The van der Waals surface area contributed by atoms with Gasteiger partial charge in [-0.1, -0.05) is 13.8 Å². The normalized spacial score (nSPS) is 16.6. The minimum Gasteiger partial charge on any atom is -0.370 e. The Hall–Kier alpha value is -1.56. The first-order chi connectivity index (χ1) is 9.22. The molecule has 1 aliphatic heterocycles. The van der Waals surface area contributed by atoms with E-state index >= 15 is 0 Å². The van der Waals surface area contributed by atoms with E-state index in [1.807, 2.05) is 6.07 Å². The van der Waals surface area contributed by atoms with E-state index in [-0.39, 0.29) is 0 Å². The molecule has 2 rings (SSSR count). The molecule has 1 fully saturated rings. The minimum absolute atomic E-state index is 0.342. The first-order valence-electron chi connectivity index (χ1n) is 7.08. The summed E-state index contributed by atoms with van der Waals surface area (Å²) < 4.78 is 0. The first-order valence-corrected chi connectivity index (χ1v) is 7.08. The molecule has 0 amide bonds. The third-order valence-electron chi connectivity index (χ3n) is 3.43. The van der Waals surface area contributed by atoms with Crippen LogP contribution in [0.25, 0.3) is 0 Å². The van der Waals surface area contributed by atoms with Crippen molar-refractivity contribution in [1.82, 2.24) is 14.9 Å². The van der Waals surface area contributed by atoms with Crippen molar-refractivity contribution in [2.24, 2.45) is 0 Å². The molecule has 6 nitrogen and oxygen atoms in total. The molecule has 0 saturated carbocycles. The third kappa shape index (κ3) is 3.70. The van der Waals surface area contributed by atoms with Crippen molar-refractivity contribution in [3.63, 3.8) is 0 Å². The van der Waals surface area contributed by atoms with Crippen LogP contribution in [0.2, 0.25) is 0 Å². The maximum atomic E-state index is 5.79. The Morgan fingerprint density at radius 1 is 1.21 bits per heavy atom. The third-order valence-corrected chi connectivity index (χ3v) is 3.43. The molecule has 3 N–H and O–H groups in total. The van der Waals surface area contributed by atoms with Gasteiger partial charge in [0.05, 0.1) is 0 Å². The Labute approximate surface area is 115 Å². The molecular formula is C13H24N6. The lowest BCUT2D eigenvalue weighted by Gasteiger charge is -2.34. The lowest BCUT2D eigenvalue weighted by Crippen LogP contribution is -2.46. The van der Waals surface area contributed by atoms with Crippen molar-refractivity contribution < 1.29 is 0 Å². The lowest BCUT2D eigenvalue weighted by atomic mass is 10.3. The van der Waals surface area contributed by atoms with E-state index in [9.17, 15) is 0 Å². The van der Waals surface area contributed by atoms with E-state index in [1.165, 1.54) is 0 Å². The van der Waals surface area contributed by atoms with Crippen LogP contribution in [-0.2, 0) is 0 Å².